The van der Waals surface area contributed by atoms with Crippen molar-refractivity contribution in [1.82, 2.24) is 15.2 Å². The molecule has 2 heterocycles. The molecule has 1 aliphatic rings. The Bertz CT molecular complexity index is 1820. The molecule has 4 aromatic rings. The Morgan fingerprint density at radius 3 is 2.27 bits per heavy atom. The Labute approximate surface area is 295 Å². The molecule has 1 aliphatic heterocycles. The minimum Gasteiger partial charge on any atom is -0.497 e. The molecule has 258 valence electrons. The number of likely N-dealkylation sites (tertiary alicyclic amines) is 1. The highest BCUT2D eigenvalue weighted by Gasteiger charge is 2.46. The number of carbonyl (C=O) groups is 3. The van der Waals surface area contributed by atoms with Crippen molar-refractivity contribution in [2.24, 2.45) is 5.41 Å². The van der Waals surface area contributed by atoms with Gasteiger partial charge in [-0.05, 0) is 62.6 Å². The zero-order valence-electron chi connectivity index (χ0n) is 28.9. The fourth-order valence-corrected chi connectivity index (χ4v) is 5.98. The number of pyridine rings is 1. The van der Waals surface area contributed by atoms with Crippen LogP contribution in [-0.2, 0) is 14.3 Å². The molecule has 10 nitrogen and oxygen atoms in total. The van der Waals surface area contributed by atoms with Crippen molar-refractivity contribution in [3.05, 3.63) is 83.3 Å². The van der Waals surface area contributed by atoms with Gasteiger partial charge in [-0.15, -0.1) is 0 Å². The molecule has 3 aromatic carbocycles. The van der Waals surface area contributed by atoms with Gasteiger partial charge in [-0.3, -0.25) is 9.59 Å². The van der Waals surface area contributed by atoms with Crippen LogP contribution in [0, 0.1) is 5.41 Å². The van der Waals surface area contributed by atoms with E-state index >= 15 is 0 Å². The van der Waals surface area contributed by atoms with Crippen LogP contribution in [0.25, 0.3) is 22.2 Å². The summed E-state index contributed by atoms with van der Waals surface area (Å²) in [6, 6.07) is 22.6. The van der Waals surface area contributed by atoms with E-state index in [9.17, 15) is 14.4 Å². The first-order valence-electron chi connectivity index (χ1n) is 16.2. The largest absolute Gasteiger partial charge is 0.497 e. The van der Waals surface area contributed by atoms with E-state index in [1.165, 1.54) is 4.90 Å². The summed E-state index contributed by atoms with van der Waals surface area (Å²) in [6.45, 7) is 11.0. The lowest BCUT2D eigenvalue weighted by Gasteiger charge is -2.35. The van der Waals surface area contributed by atoms with Crippen molar-refractivity contribution in [2.75, 3.05) is 19.0 Å². The van der Waals surface area contributed by atoms with Gasteiger partial charge in [-0.25, -0.2) is 9.78 Å². The van der Waals surface area contributed by atoms with Gasteiger partial charge in [-0.1, -0.05) is 67.0 Å². The van der Waals surface area contributed by atoms with Gasteiger partial charge in [-0.2, -0.15) is 0 Å². The summed E-state index contributed by atoms with van der Waals surface area (Å²) in [4.78, 5) is 47.6. The number of amides is 3. The first-order valence-corrected chi connectivity index (χ1v) is 17.0. The summed E-state index contributed by atoms with van der Waals surface area (Å²) in [5, 5.41) is 6.50. The molecule has 5 rings (SSSR count). The van der Waals surface area contributed by atoms with Crippen LogP contribution in [0.2, 0.25) is 0 Å². The number of hydrogen-bond donors (Lipinski definition) is 2. The number of halogens is 1. The lowest BCUT2D eigenvalue weighted by Crippen LogP contribution is -2.57. The van der Waals surface area contributed by atoms with Crippen LogP contribution in [0.15, 0.2) is 83.3 Å². The number of nitrogens with one attached hydrogen (secondary N) is 2. The van der Waals surface area contributed by atoms with E-state index in [4.69, 9.17) is 19.2 Å². The molecule has 1 saturated heterocycles. The number of hydrogen-bond acceptors (Lipinski definition) is 7. The second-order valence-corrected chi connectivity index (χ2v) is 15.1. The Morgan fingerprint density at radius 2 is 1.63 bits per heavy atom. The first-order chi connectivity index (χ1) is 23.1. The van der Waals surface area contributed by atoms with E-state index < -0.39 is 41.2 Å². The predicted octanol–water partition coefficient (Wildman–Crippen LogP) is 7.60. The minimum absolute atomic E-state index is 0.112. The molecule has 0 saturated carbocycles. The molecule has 0 aliphatic carbocycles. The number of methoxy groups -OCH3 is 1. The second kappa shape index (κ2) is 14.5. The van der Waals surface area contributed by atoms with E-state index in [0.29, 0.717) is 28.4 Å². The molecule has 0 bridgehead atoms. The van der Waals surface area contributed by atoms with Gasteiger partial charge >= 0.3 is 6.09 Å². The van der Waals surface area contributed by atoms with E-state index in [-0.39, 0.29) is 18.9 Å². The number of nitrogens with zero attached hydrogens (tertiary/aromatic N) is 2. The smallest absolute Gasteiger partial charge is 0.408 e. The molecular weight excluding hydrogens is 688 g/mol. The molecule has 0 radical (unpaired) electrons. The molecule has 49 heavy (non-hydrogen) atoms. The Hall–Kier alpha value is -4.64. The van der Waals surface area contributed by atoms with Crippen molar-refractivity contribution < 1.29 is 28.6 Å². The lowest BCUT2D eigenvalue weighted by molar-refractivity contribution is -0.140. The Morgan fingerprint density at radius 1 is 0.939 bits per heavy atom. The zero-order chi connectivity index (χ0) is 35.5. The molecule has 1 fully saturated rings. The maximum atomic E-state index is 14.4. The topological polar surface area (TPSA) is 119 Å². The highest BCUT2D eigenvalue weighted by atomic mass is 79.9. The van der Waals surface area contributed by atoms with Gasteiger partial charge in [0.1, 0.15) is 35.3 Å². The molecule has 0 spiro atoms. The molecule has 2 N–H and O–H groups in total. The van der Waals surface area contributed by atoms with Gasteiger partial charge in [0, 0.05) is 39.7 Å². The van der Waals surface area contributed by atoms with Crippen molar-refractivity contribution >= 4 is 50.4 Å². The van der Waals surface area contributed by atoms with E-state index in [2.05, 4.69) is 26.6 Å². The van der Waals surface area contributed by atoms with Gasteiger partial charge < -0.3 is 29.7 Å². The van der Waals surface area contributed by atoms with Gasteiger partial charge in [0.15, 0.2) is 0 Å². The maximum Gasteiger partial charge on any atom is 0.408 e. The summed E-state index contributed by atoms with van der Waals surface area (Å²) in [5.41, 5.74) is 1.43. The minimum atomic E-state index is -0.983. The number of fused-ring (bicyclic) bond motifs is 1. The molecule has 1 unspecified atom stereocenters. The number of anilines is 1. The van der Waals surface area contributed by atoms with Crippen molar-refractivity contribution in [2.45, 2.75) is 71.8 Å². The van der Waals surface area contributed by atoms with E-state index in [1.54, 1.807) is 40.0 Å². The average Bonchev–Trinajstić information content (AvgIpc) is 3.47. The van der Waals surface area contributed by atoms with Crippen molar-refractivity contribution in [3.63, 3.8) is 0 Å². The summed E-state index contributed by atoms with van der Waals surface area (Å²) >= 11 is 3.42. The Balaban J connectivity index is 1.50. The summed E-state index contributed by atoms with van der Waals surface area (Å²) in [7, 11) is 1.60. The zero-order valence-corrected chi connectivity index (χ0v) is 30.5. The third kappa shape index (κ3) is 8.89. The number of alkyl carbamates (subject to hydrolysis) is 1. The van der Waals surface area contributed by atoms with Crippen molar-refractivity contribution in [3.8, 4) is 22.8 Å². The van der Waals surface area contributed by atoms with Crippen LogP contribution in [0.3, 0.4) is 0 Å². The van der Waals surface area contributed by atoms with Crippen LogP contribution < -0.4 is 20.1 Å². The lowest BCUT2D eigenvalue weighted by atomic mass is 9.85. The maximum absolute atomic E-state index is 14.4. The number of ether oxygens (including phenoxy) is 3. The molecule has 3 amide bonds. The van der Waals surface area contributed by atoms with E-state index in [1.807, 2.05) is 87.5 Å². The number of aromatic nitrogens is 1. The van der Waals surface area contributed by atoms with Gasteiger partial charge in [0.25, 0.3) is 0 Å². The molecule has 1 aromatic heterocycles. The fraction of sp³-hybridized carbons (Fsp3) is 0.368. The third-order valence-electron chi connectivity index (χ3n) is 8.08. The number of carbonyl (C=O) groups excluding carboxylic acids is 3. The van der Waals surface area contributed by atoms with Crippen LogP contribution >= 0.6 is 15.9 Å². The van der Waals surface area contributed by atoms with Crippen LogP contribution in [0.4, 0.5) is 10.5 Å². The number of rotatable bonds is 8. The monoisotopic (exact) mass is 730 g/mol. The molecular formula is C38H43BrN4O6. The first kappa shape index (κ1) is 35.7. The predicted molar refractivity (Wildman–Crippen MR) is 194 cm³/mol. The van der Waals surface area contributed by atoms with Gasteiger partial charge in [0.05, 0.1) is 24.9 Å². The van der Waals surface area contributed by atoms with Crippen LogP contribution in [0.1, 0.15) is 48.0 Å². The summed E-state index contributed by atoms with van der Waals surface area (Å²) < 4.78 is 18.5. The average molecular weight is 732 g/mol. The van der Waals surface area contributed by atoms with Crippen molar-refractivity contribution in [1.29, 1.82) is 0 Å². The highest BCUT2D eigenvalue weighted by molar-refractivity contribution is 9.10. The molecule has 3 atom stereocenters. The summed E-state index contributed by atoms with van der Waals surface area (Å²) in [6.07, 6.45) is -1.04. The summed E-state index contributed by atoms with van der Waals surface area (Å²) in [5.74, 6) is 0.456. The van der Waals surface area contributed by atoms with Gasteiger partial charge in [0.2, 0.25) is 11.8 Å². The fourth-order valence-electron chi connectivity index (χ4n) is 5.71. The molecule has 11 heteroatoms. The number of benzene rings is 3. The normalized spacial score (nSPS) is 16.9. The highest BCUT2D eigenvalue weighted by Crippen LogP contribution is 2.35. The quantitative estimate of drug-likeness (QED) is 0.192. The standard InChI is InChI=1S/C38H43BrN4O6/c1-37(2,3)33(42-36(46)49-38(4,5)6)35(45)43-22-27(20-31(43)34(44)40-25-15-13-24(39)14-16-25)48-32-21-29(23-11-9-8-10-12-23)41-30-19-26(47-7)17-18-28(30)32/h8-19,21,27,31,33H,20,22H2,1-7H3,(H,40,44)(H,42,46)/t27-,31?,33-/m1/s1. The van der Waals surface area contributed by atoms with E-state index in [0.717, 1.165) is 15.4 Å². The Kier molecular flexibility index (Phi) is 10.5. The van der Waals surface area contributed by atoms with Crippen LogP contribution in [-0.4, -0.2) is 65.2 Å². The van der Waals surface area contributed by atoms with Crippen LogP contribution in [0.5, 0.6) is 11.5 Å². The third-order valence-corrected chi connectivity index (χ3v) is 8.61. The second-order valence-electron chi connectivity index (χ2n) is 14.2. The SMILES string of the molecule is COc1ccc2c(O[C@@H]3CC(C(=O)Nc4ccc(Br)cc4)N(C(=O)[C@@H](NC(=O)OC(C)(C)C)C(C)(C)C)C3)cc(-c3ccccc3)nc2c1.